The molecule has 1 atom stereocenters. The highest BCUT2D eigenvalue weighted by Crippen LogP contribution is 2.10. The fraction of sp³-hybridized carbons (Fsp3) is 0.429. The molecule has 0 saturated heterocycles. The van der Waals surface area contributed by atoms with Crippen molar-refractivity contribution in [3.8, 4) is 0 Å². The van der Waals surface area contributed by atoms with Crippen molar-refractivity contribution in [3.05, 3.63) is 29.7 Å². The van der Waals surface area contributed by atoms with Gasteiger partial charge >= 0.3 is 5.97 Å². The maximum Gasteiger partial charge on any atom is 0.323 e. The molecule has 0 radical (unpaired) electrons. The van der Waals surface area contributed by atoms with Crippen LogP contribution in [0.4, 0.5) is 0 Å². The van der Waals surface area contributed by atoms with E-state index in [4.69, 9.17) is 9.52 Å². The topological polar surface area (TPSA) is 70.8 Å². The summed E-state index contributed by atoms with van der Waals surface area (Å²) in [6.07, 6.45) is 3.59. The Morgan fingerprint density at radius 3 is 2.63 bits per heavy atom. The number of carbonyl (C=O) groups excluding carboxylic acids is 1. The van der Waals surface area contributed by atoms with E-state index in [2.05, 4.69) is 0 Å². The van der Waals surface area contributed by atoms with E-state index in [1.807, 2.05) is 20.8 Å². The summed E-state index contributed by atoms with van der Waals surface area (Å²) in [6.45, 7) is 5.25. The van der Waals surface area contributed by atoms with Gasteiger partial charge in [-0.25, -0.2) is 0 Å². The van der Waals surface area contributed by atoms with Gasteiger partial charge < -0.3 is 14.4 Å². The van der Waals surface area contributed by atoms with Crippen LogP contribution in [0, 0.1) is 6.92 Å². The lowest BCUT2D eigenvalue weighted by Crippen LogP contribution is -2.40. The molecule has 1 heterocycles. The third-order valence-corrected chi connectivity index (χ3v) is 2.86. The summed E-state index contributed by atoms with van der Waals surface area (Å²) in [7, 11) is 0. The number of carboxylic acids is 1. The third-order valence-electron chi connectivity index (χ3n) is 2.86. The van der Waals surface area contributed by atoms with Crippen molar-refractivity contribution < 1.29 is 19.1 Å². The Hall–Kier alpha value is -2.04. The van der Waals surface area contributed by atoms with Gasteiger partial charge in [-0.15, -0.1) is 0 Å². The molecule has 1 amide bonds. The van der Waals surface area contributed by atoms with Gasteiger partial charge in [0.1, 0.15) is 18.1 Å². The lowest BCUT2D eigenvalue weighted by Gasteiger charge is -2.25. The highest BCUT2D eigenvalue weighted by Gasteiger charge is 2.19. The average Bonchev–Trinajstić information content (AvgIpc) is 2.77. The third kappa shape index (κ3) is 4.62. The number of hydrogen-bond donors (Lipinski definition) is 1. The molecular formula is C14H19NO4. The van der Waals surface area contributed by atoms with Gasteiger partial charge in [-0.1, -0.05) is 6.92 Å². The molecule has 0 spiro atoms. The molecule has 0 aliphatic rings. The standard InChI is InChI=1S/C14H19NO4/c1-4-10(2)15(9-14(17)18)13(16)8-7-12-6-5-11(3)19-12/h5-8,10H,4,9H2,1-3H3,(H,17,18)/b8-7+. The number of carboxylic acid groups (broad SMARTS) is 1. The Labute approximate surface area is 112 Å². The van der Waals surface area contributed by atoms with Crippen LogP contribution in [0.5, 0.6) is 0 Å². The molecular weight excluding hydrogens is 246 g/mol. The number of aliphatic carboxylic acids is 1. The summed E-state index contributed by atoms with van der Waals surface area (Å²) >= 11 is 0. The Kier molecular flexibility index (Phi) is 5.36. The van der Waals surface area contributed by atoms with E-state index >= 15 is 0 Å². The molecule has 0 bridgehead atoms. The molecule has 1 rings (SSSR count). The van der Waals surface area contributed by atoms with Crippen molar-refractivity contribution in [2.45, 2.75) is 33.2 Å². The van der Waals surface area contributed by atoms with Crippen molar-refractivity contribution >= 4 is 18.0 Å². The summed E-state index contributed by atoms with van der Waals surface area (Å²) < 4.78 is 5.31. The molecule has 5 heteroatoms. The molecule has 0 saturated carbocycles. The molecule has 104 valence electrons. The fourth-order valence-corrected chi connectivity index (χ4v) is 1.61. The maximum atomic E-state index is 12.0. The lowest BCUT2D eigenvalue weighted by molar-refractivity contribution is -0.144. The smallest absolute Gasteiger partial charge is 0.323 e. The van der Waals surface area contributed by atoms with Gasteiger partial charge in [-0.2, -0.15) is 0 Å². The second-order valence-electron chi connectivity index (χ2n) is 4.40. The minimum Gasteiger partial charge on any atom is -0.480 e. The highest BCUT2D eigenvalue weighted by molar-refractivity contribution is 5.93. The molecule has 1 unspecified atom stereocenters. The zero-order chi connectivity index (χ0) is 14.4. The number of amides is 1. The normalized spacial score (nSPS) is 12.6. The Morgan fingerprint density at radius 2 is 2.16 bits per heavy atom. The van der Waals surface area contributed by atoms with Crippen LogP contribution in [0.3, 0.4) is 0 Å². The van der Waals surface area contributed by atoms with E-state index < -0.39 is 5.97 Å². The summed E-state index contributed by atoms with van der Waals surface area (Å²) in [5.41, 5.74) is 0. The van der Waals surface area contributed by atoms with Gasteiger partial charge in [0.15, 0.2) is 0 Å². The first-order valence-electron chi connectivity index (χ1n) is 6.21. The molecule has 0 fully saturated rings. The van der Waals surface area contributed by atoms with E-state index in [9.17, 15) is 9.59 Å². The van der Waals surface area contributed by atoms with Crippen LogP contribution in [0.1, 0.15) is 31.8 Å². The van der Waals surface area contributed by atoms with Crippen LogP contribution in [-0.4, -0.2) is 34.5 Å². The number of rotatable bonds is 6. The minimum atomic E-state index is -1.02. The first-order valence-corrected chi connectivity index (χ1v) is 6.21. The number of aryl methyl sites for hydroxylation is 1. The Bertz CT molecular complexity index is 476. The van der Waals surface area contributed by atoms with Gasteiger partial charge in [0, 0.05) is 12.1 Å². The molecule has 0 aliphatic heterocycles. The second-order valence-corrected chi connectivity index (χ2v) is 4.40. The number of furan rings is 1. The molecule has 1 aromatic heterocycles. The largest absolute Gasteiger partial charge is 0.480 e. The summed E-state index contributed by atoms with van der Waals surface area (Å²) in [5.74, 6) is -0.0108. The molecule has 5 nitrogen and oxygen atoms in total. The minimum absolute atomic E-state index is 0.119. The molecule has 1 aromatic rings. The predicted molar refractivity (Wildman–Crippen MR) is 71.6 cm³/mol. The van der Waals surface area contributed by atoms with Gasteiger partial charge in [0.2, 0.25) is 5.91 Å². The van der Waals surface area contributed by atoms with Gasteiger partial charge in [-0.3, -0.25) is 9.59 Å². The van der Waals surface area contributed by atoms with Crippen molar-refractivity contribution in [3.63, 3.8) is 0 Å². The quantitative estimate of drug-likeness (QED) is 0.801. The fourth-order valence-electron chi connectivity index (χ4n) is 1.61. The van der Waals surface area contributed by atoms with Crippen LogP contribution in [0.15, 0.2) is 22.6 Å². The Balaban J connectivity index is 2.76. The monoisotopic (exact) mass is 265 g/mol. The molecule has 0 aromatic carbocycles. The van der Waals surface area contributed by atoms with Crippen LogP contribution < -0.4 is 0 Å². The van der Waals surface area contributed by atoms with Crippen LogP contribution in [0.25, 0.3) is 6.08 Å². The second kappa shape index (κ2) is 6.78. The van der Waals surface area contributed by atoms with E-state index in [0.717, 1.165) is 5.76 Å². The highest BCUT2D eigenvalue weighted by atomic mass is 16.4. The number of hydrogen-bond acceptors (Lipinski definition) is 3. The first kappa shape index (κ1) is 15.0. The van der Waals surface area contributed by atoms with E-state index in [-0.39, 0.29) is 18.5 Å². The molecule has 1 N–H and O–H groups in total. The van der Waals surface area contributed by atoms with Crippen LogP contribution >= 0.6 is 0 Å². The van der Waals surface area contributed by atoms with Crippen molar-refractivity contribution in [1.29, 1.82) is 0 Å². The zero-order valence-corrected chi connectivity index (χ0v) is 11.4. The molecule has 0 aliphatic carbocycles. The van der Waals surface area contributed by atoms with Crippen molar-refractivity contribution in [2.24, 2.45) is 0 Å². The summed E-state index contributed by atoms with van der Waals surface area (Å²) in [4.78, 5) is 24.1. The van der Waals surface area contributed by atoms with Crippen molar-refractivity contribution in [2.75, 3.05) is 6.54 Å². The van der Waals surface area contributed by atoms with E-state index in [1.165, 1.54) is 11.0 Å². The maximum absolute atomic E-state index is 12.0. The van der Waals surface area contributed by atoms with Crippen LogP contribution in [0.2, 0.25) is 0 Å². The molecule has 19 heavy (non-hydrogen) atoms. The zero-order valence-electron chi connectivity index (χ0n) is 11.4. The summed E-state index contributed by atoms with van der Waals surface area (Å²) in [5, 5.41) is 8.83. The van der Waals surface area contributed by atoms with E-state index in [1.54, 1.807) is 18.2 Å². The van der Waals surface area contributed by atoms with E-state index in [0.29, 0.717) is 12.2 Å². The SMILES string of the molecule is CCC(C)N(CC(=O)O)C(=O)/C=C/c1ccc(C)o1. The van der Waals surface area contributed by atoms with Crippen molar-refractivity contribution in [1.82, 2.24) is 4.90 Å². The lowest BCUT2D eigenvalue weighted by atomic mass is 10.2. The van der Waals surface area contributed by atoms with Crippen LogP contribution in [-0.2, 0) is 9.59 Å². The average molecular weight is 265 g/mol. The predicted octanol–water partition coefficient (Wildman–Crippen LogP) is 2.31. The number of nitrogens with zero attached hydrogens (tertiary/aromatic N) is 1. The number of carbonyl (C=O) groups is 2. The van der Waals surface area contributed by atoms with Gasteiger partial charge in [0.25, 0.3) is 0 Å². The Morgan fingerprint density at radius 1 is 1.47 bits per heavy atom. The van der Waals surface area contributed by atoms with Gasteiger partial charge in [0.05, 0.1) is 0 Å². The van der Waals surface area contributed by atoms with Gasteiger partial charge in [-0.05, 0) is 38.5 Å². The first-order chi connectivity index (χ1) is 8.93. The summed E-state index contributed by atoms with van der Waals surface area (Å²) in [6, 6.07) is 3.43.